The van der Waals surface area contributed by atoms with Gasteiger partial charge in [-0.2, -0.15) is 0 Å². The molecule has 1 fully saturated rings. The van der Waals surface area contributed by atoms with Gasteiger partial charge in [-0.3, -0.25) is 9.69 Å². The molecule has 24 heavy (non-hydrogen) atoms. The predicted octanol–water partition coefficient (Wildman–Crippen LogP) is 2.03. The van der Waals surface area contributed by atoms with Crippen molar-refractivity contribution in [3.05, 3.63) is 66.9 Å². The molecule has 1 saturated heterocycles. The highest BCUT2D eigenvalue weighted by Crippen LogP contribution is 2.17. The van der Waals surface area contributed by atoms with Gasteiger partial charge in [-0.05, 0) is 24.3 Å². The Labute approximate surface area is 142 Å². The minimum atomic E-state index is 0.0516. The quantitative estimate of drug-likeness (QED) is 0.791. The third kappa shape index (κ3) is 3.74. The summed E-state index contributed by atoms with van der Waals surface area (Å²) >= 11 is 0. The highest BCUT2D eigenvalue weighted by Gasteiger charge is 2.26. The lowest BCUT2D eigenvalue weighted by Crippen LogP contribution is -2.50. The lowest BCUT2D eigenvalue weighted by Gasteiger charge is -2.31. The first-order valence-corrected chi connectivity index (χ1v) is 8.12. The van der Waals surface area contributed by atoms with Gasteiger partial charge in [0.1, 0.15) is 25.4 Å². The number of hydrogen-bond acceptors (Lipinski definition) is 3. The minimum Gasteiger partial charge on any atom is -0.490 e. The average Bonchev–Trinajstić information content (AvgIpc) is 2.67. The molecule has 1 amide bonds. The second kappa shape index (κ2) is 7.64. The molecule has 1 N–H and O–H groups in total. The van der Waals surface area contributed by atoms with Crippen LogP contribution in [-0.4, -0.2) is 43.6 Å². The predicted molar refractivity (Wildman–Crippen MR) is 93.2 cm³/mol. The van der Waals surface area contributed by atoms with Crippen molar-refractivity contribution in [1.29, 1.82) is 0 Å². The van der Waals surface area contributed by atoms with Crippen molar-refractivity contribution < 1.29 is 14.5 Å². The lowest BCUT2D eigenvalue weighted by molar-refractivity contribution is -0.364. The van der Waals surface area contributed by atoms with Crippen LogP contribution in [0.3, 0.4) is 0 Å². The van der Waals surface area contributed by atoms with E-state index in [-0.39, 0.29) is 5.91 Å². The number of nitrogens with zero attached hydrogens (tertiary/aromatic N) is 2. The smallest absolute Gasteiger partial charge is 0.274 e. The number of H-pyrrole nitrogens is 1. The Balaban J connectivity index is 1.62. The molecule has 5 heteroatoms. The fraction of sp³-hybridized carbons (Fsp3) is 0.263. The average molecular weight is 324 g/mol. The third-order valence-electron chi connectivity index (χ3n) is 4.05. The molecular weight excluding hydrogens is 302 g/mol. The molecule has 1 aliphatic rings. The third-order valence-corrected chi connectivity index (χ3v) is 4.05. The number of carbonyl (C=O) groups is 1. The van der Waals surface area contributed by atoms with Gasteiger partial charge in [0, 0.05) is 11.6 Å². The minimum absolute atomic E-state index is 0.0516. The normalized spacial score (nSPS) is 14.3. The van der Waals surface area contributed by atoms with E-state index in [0.29, 0.717) is 31.0 Å². The van der Waals surface area contributed by atoms with Crippen molar-refractivity contribution >= 4 is 11.7 Å². The zero-order valence-corrected chi connectivity index (χ0v) is 13.6. The number of carbonyl (C=O) groups excluding carboxylic acids is 1. The van der Waals surface area contributed by atoms with Gasteiger partial charge < -0.3 is 9.64 Å². The molecular formula is C19H22N3O2+. The van der Waals surface area contributed by atoms with Crippen LogP contribution in [-0.2, 0) is 0 Å². The summed E-state index contributed by atoms with van der Waals surface area (Å²) in [6.45, 7) is 7.12. The number of pyridine rings is 1. The molecule has 0 atom stereocenters. The van der Waals surface area contributed by atoms with Crippen molar-refractivity contribution in [2.24, 2.45) is 0 Å². The van der Waals surface area contributed by atoms with Gasteiger partial charge in [0.05, 0.1) is 19.3 Å². The van der Waals surface area contributed by atoms with E-state index in [1.807, 2.05) is 41.4 Å². The van der Waals surface area contributed by atoms with Crippen molar-refractivity contribution in [2.75, 3.05) is 37.7 Å². The second-order valence-corrected chi connectivity index (χ2v) is 5.65. The molecule has 5 nitrogen and oxygen atoms in total. The Bertz CT molecular complexity index is 695. The van der Waals surface area contributed by atoms with Crippen molar-refractivity contribution in [3.63, 3.8) is 0 Å². The zero-order chi connectivity index (χ0) is 16.8. The summed E-state index contributed by atoms with van der Waals surface area (Å²) in [6, 6.07) is 13.4. The molecule has 0 spiro atoms. The maximum absolute atomic E-state index is 12.7. The molecule has 3 rings (SSSR count). The molecule has 1 aromatic heterocycles. The van der Waals surface area contributed by atoms with E-state index >= 15 is 0 Å². The van der Waals surface area contributed by atoms with Crippen LogP contribution >= 0.6 is 0 Å². The second-order valence-electron chi connectivity index (χ2n) is 5.65. The van der Waals surface area contributed by atoms with Crippen molar-refractivity contribution in [3.8, 4) is 5.75 Å². The number of anilines is 1. The first kappa shape index (κ1) is 16.1. The van der Waals surface area contributed by atoms with E-state index in [9.17, 15) is 4.79 Å². The largest absolute Gasteiger partial charge is 0.490 e. The van der Waals surface area contributed by atoms with Crippen LogP contribution in [0.25, 0.3) is 0 Å². The molecule has 0 aliphatic carbocycles. The van der Waals surface area contributed by atoms with Crippen molar-refractivity contribution in [2.45, 2.75) is 0 Å². The number of amides is 1. The van der Waals surface area contributed by atoms with Crippen LogP contribution in [0.5, 0.6) is 5.75 Å². The summed E-state index contributed by atoms with van der Waals surface area (Å²) in [5, 5.41) is 0. The molecule has 1 aliphatic heterocycles. The number of aromatic amines is 1. The highest BCUT2D eigenvalue weighted by atomic mass is 16.5. The summed E-state index contributed by atoms with van der Waals surface area (Å²) in [4.78, 5) is 20.1. The summed E-state index contributed by atoms with van der Waals surface area (Å²) in [5.74, 6) is 1.83. The molecule has 2 heterocycles. The van der Waals surface area contributed by atoms with Gasteiger partial charge >= 0.3 is 0 Å². The number of piperazine rings is 1. The maximum atomic E-state index is 12.7. The summed E-state index contributed by atoms with van der Waals surface area (Å²) < 4.78 is 5.51. The topological polar surface area (TPSA) is 46.9 Å². The Kier molecular flexibility index (Phi) is 5.11. The van der Waals surface area contributed by atoms with E-state index in [2.05, 4.69) is 22.5 Å². The number of ether oxygens (including phenoxy) is 1. The van der Waals surface area contributed by atoms with Gasteiger partial charge in [0.15, 0.2) is 0 Å². The van der Waals surface area contributed by atoms with Crippen LogP contribution < -0.4 is 14.6 Å². The van der Waals surface area contributed by atoms with Crippen LogP contribution in [0.2, 0.25) is 0 Å². The van der Waals surface area contributed by atoms with Gasteiger partial charge in [-0.15, -0.1) is 0 Å². The fourth-order valence-corrected chi connectivity index (χ4v) is 2.79. The van der Waals surface area contributed by atoms with E-state index in [4.69, 9.17) is 4.74 Å². The highest BCUT2D eigenvalue weighted by molar-refractivity contribution is 5.94. The van der Waals surface area contributed by atoms with Gasteiger partial charge in [0.2, 0.25) is 0 Å². The summed E-state index contributed by atoms with van der Waals surface area (Å²) in [5.41, 5.74) is 0.663. The summed E-state index contributed by atoms with van der Waals surface area (Å²) in [7, 11) is 0. The van der Waals surface area contributed by atoms with E-state index in [1.165, 1.54) is 0 Å². The Hall–Kier alpha value is -2.82. The van der Waals surface area contributed by atoms with Crippen LogP contribution in [0.1, 0.15) is 10.4 Å². The standard InChI is InChI=1S/C19H21N3O2/c1-2-14-24-17-7-5-6-16(15-17)19(23)22-12-10-21(11-13-22)18-8-3-4-9-20-18/h2-9,15H,1,10-14H2/p+1. The number of nitrogens with one attached hydrogen (secondary N) is 1. The number of benzene rings is 1. The zero-order valence-electron chi connectivity index (χ0n) is 13.6. The molecule has 1 aromatic carbocycles. The number of hydrogen-bond donors (Lipinski definition) is 0. The van der Waals surface area contributed by atoms with E-state index in [1.54, 1.807) is 12.1 Å². The fourth-order valence-electron chi connectivity index (χ4n) is 2.79. The molecule has 2 aromatic rings. The van der Waals surface area contributed by atoms with Gasteiger partial charge in [-0.1, -0.05) is 24.8 Å². The maximum Gasteiger partial charge on any atom is 0.274 e. The lowest BCUT2D eigenvalue weighted by atomic mass is 10.1. The van der Waals surface area contributed by atoms with Gasteiger partial charge in [-0.25, -0.2) is 4.98 Å². The molecule has 0 unspecified atom stereocenters. The SMILES string of the molecule is C=CCOc1cccc(C(=O)N2CCN(c3cccc[nH+]3)CC2)c1. The Morgan fingerprint density at radius 1 is 1.17 bits per heavy atom. The number of aromatic nitrogens is 1. The van der Waals surface area contributed by atoms with Crippen LogP contribution in [0.15, 0.2) is 61.3 Å². The Morgan fingerprint density at radius 3 is 2.71 bits per heavy atom. The molecule has 0 radical (unpaired) electrons. The van der Waals surface area contributed by atoms with E-state index in [0.717, 1.165) is 18.9 Å². The molecule has 0 bridgehead atoms. The number of rotatable bonds is 5. The molecule has 124 valence electrons. The van der Waals surface area contributed by atoms with Crippen molar-refractivity contribution in [1.82, 2.24) is 4.90 Å². The summed E-state index contributed by atoms with van der Waals surface area (Å²) in [6.07, 6.45) is 3.61. The van der Waals surface area contributed by atoms with Crippen LogP contribution in [0.4, 0.5) is 5.82 Å². The Morgan fingerprint density at radius 2 is 2.00 bits per heavy atom. The monoisotopic (exact) mass is 324 g/mol. The van der Waals surface area contributed by atoms with E-state index < -0.39 is 0 Å². The van der Waals surface area contributed by atoms with Gasteiger partial charge in [0.25, 0.3) is 11.7 Å². The van der Waals surface area contributed by atoms with Crippen LogP contribution in [0, 0.1) is 0 Å². The molecule has 0 saturated carbocycles. The first-order valence-electron chi connectivity index (χ1n) is 8.12. The first-order chi connectivity index (χ1) is 11.8.